The Kier molecular flexibility index (Phi) is 4.87. The zero-order chi connectivity index (χ0) is 13.7. The molecule has 1 aliphatic rings. The van der Waals surface area contributed by atoms with Crippen LogP contribution in [0.5, 0.6) is 5.75 Å². The Labute approximate surface area is 117 Å². The van der Waals surface area contributed by atoms with E-state index in [2.05, 4.69) is 44.3 Å². The summed E-state index contributed by atoms with van der Waals surface area (Å²) >= 11 is 0. The van der Waals surface area contributed by atoms with Crippen molar-refractivity contribution < 1.29 is 4.74 Å². The third-order valence-electron chi connectivity index (χ3n) is 3.86. The fraction of sp³-hybridized carbons (Fsp3) is 0.647. The number of nitrogens with one attached hydrogen (secondary N) is 1. The van der Waals surface area contributed by atoms with Crippen molar-refractivity contribution in [3.8, 4) is 5.75 Å². The quantitative estimate of drug-likeness (QED) is 0.812. The molecule has 0 bridgehead atoms. The molecule has 0 spiro atoms. The average molecular weight is 261 g/mol. The van der Waals surface area contributed by atoms with Crippen LogP contribution in [0.3, 0.4) is 0 Å². The lowest BCUT2D eigenvalue weighted by atomic mass is 9.87. The lowest BCUT2D eigenvalue weighted by Gasteiger charge is -2.20. The summed E-state index contributed by atoms with van der Waals surface area (Å²) in [4.78, 5) is 0. The van der Waals surface area contributed by atoms with Gasteiger partial charge < -0.3 is 10.1 Å². The average Bonchev–Trinajstić information content (AvgIpc) is 2.87. The van der Waals surface area contributed by atoms with E-state index in [1.54, 1.807) is 0 Å². The van der Waals surface area contributed by atoms with E-state index in [4.69, 9.17) is 4.74 Å². The second-order valence-electron chi connectivity index (χ2n) is 6.56. The van der Waals surface area contributed by atoms with Gasteiger partial charge in [0.1, 0.15) is 12.4 Å². The predicted molar refractivity (Wildman–Crippen MR) is 80.9 cm³/mol. The van der Waals surface area contributed by atoms with E-state index in [1.165, 1.54) is 31.2 Å². The highest BCUT2D eigenvalue weighted by molar-refractivity contribution is 5.32. The van der Waals surface area contributed by atoms with E-state index in [9.17, 15) is 0 Å². The lowest BCUT2D eigenvalue weighted by molar-refractivity contribution is 0.304. The number of benzene rings is 1. The van der Waals surface area contributed by atoms with Gasteiger partial charge in [0.2, 0.25) is 0 Å². The fourth-order valence-electron chi connectivity index (χ4n) is 2.61. The SMILES string of the molecule is CC(C)(C)c1cccc(OCCNC2CCCC2)c1. The van der Waals surface area contributed by atoms with Gasteiger partial charge in [0.05, 0.1) is 0 Å². The summed E-state index contributed by atoms with van der Waals surface area (Å²) in [5.74, 6) is 0.987. The zero-order valence-corrected chi connectivity index (χ0v) is 12.5. The maximum atomic E-state index is 5.84. The molecule has 0 atom stereocenters. The Hall–Kier alpha value is -1.02. The highest BCUT2D eigenvalue weighted by Crippen LogP contribution is 2.25. The number of hydrogen-bond donors (Lipinski definition) is 1. The molecule has 0 amide bonds. The largest absolute Gasteiger partial charge is 0.492 e. The molecule has 0 aromatic heterocycles. The van der Waals surface area contributed by atoms with Crippen LogP contribution in [-0.4, -0.2) is 19.2 Å². The molecule has 0 radical (unpaired) electrons. The van der Waals surface area contributed by atoms with Crippen LogP contribution in [-0.2, 0) is 5.41 Å². The molecule has 0 unspecified atom stereocenters. The normalized spacial score (nSPS) is 16.8. The van der Waals surface area contributed by atoms with Crippen LogP contribution in [0.15, 0.2) is 24.3 Å². The minimum atomic E-state index is 0.182. The molecule has 1 fully saturated rings. The summed E-state index contributed by atoms with van der Waals surface area (Å²) in [5, 5.41) is 3.57. The standard InChI is InChI=1S/C17H27NO/c1-17(2,3)14-7-6-10-16(13-14)19-12-11-18-15-8-4-5-9-15/h6-7,10,13,15,18H,4-5,8-9,11-12H2,1-3H3. The van der Waals surface area contributed by atoms with Crippen molar-refractivity contribution in [2.45, 2.75) is 57.9 Å². The van der Waals surface area contributed by atoms with Crippen LogP contribution in [0.4, 0.5) is 0 Å². The van der Waals surface area contributed by atoms with Gasteiger partial charge in [-0.2, -0.15) is 0 Å². The van der Waals surface area contributed by atoms with E-state index in [-0.39, 0.29) is 5.41 Å². The van der Waals surface area contributed by atoms with Gasteiger partial charge in [-0.3, -0.25) is 0 Å². The van der Waals surface area contributed by atoms with Gasteiger partial charge in [-0.05, 0) is 36.0 Å². The molecule has 0 saturated heterocycles. The molecule has 19 heavy (non-hydrogen) atoms. The van der Waals surface area contributed by atoms with Crippen molar-refractivity contribution in [1.82, 2.24) is 5.32 Å². The van der Waals surface area contributed by atoms with Gasteiger partial charge in [-0.25, -0.2) is 0 Å². The highest BCUT2D eigenvalue weighted by atomic mass is 16.5. The van der Waals surface area contributed by atoms with Gasteiger partial charge >= 0.3 is 0 Å². The van der Waals surface area contributed by atoms with E-state index >= 15 is 0 Å². The Bertz CT molecular complexity index is 388. The summed E-state index contributed by atoms with van der Waals surface area (Å²) in [6.07, 6.45) is 5.43. The summed E-state index contributed by atoms with van der Waals surface area (Å²) < 4.78 is 5.84. The van der Waals surface area contributed by atoms with E-state index in [0.717, 1.165) is 24.9 Å². The van der Waals surface area contributed by atoms with Crippen molar-refractivity contribution >= 4 is 0 Å². The molecule has 2 nitrogen and oxygen atoms in total. The maximum absolute atomic E-state index is 5.84. The topological polar surface area (TPSA) is 21.3 Å². The van der Waals surface area contributed by atoms with E-state index in [1.807, 2.05) is 6.07 Å². The molecule has 106 valence electrons. The molecule has 1 aliphatic carbocycles. The highest BCUT2D eigenvalue weighted by Gasteiger charge is 2.15. The first-order valence-corrected chi connectivity index (χ1v) is 7.52. The monoisotopic (exact) mass is 261 g/mol. The molecule has 1 N–H and O–H groups in total. The first kappa shape index (κ1) is 14.4. The van der Waals surface area contributed by atoms with Gasteiger partial charge in [-0.1, -0.05) is 45.7 Å². The first-order valence-electron chi connectivity index (χ1n) is 7.52. The van der Waals surface area contributed by atoms with Crippen LogP contribution < -0.4 is 10.1 Å². The van der Waals surface area contributed by atoms with Crippen LogP contribution in [0.1, 0.15) is 52.0 Å². The number of rotatable bonds is 5. The molecule has 2 heteroatoms. The molecule has 2 rings (SSSR count). The van der Waals surface area contributed by atoms with E-state index in [0.29, 0.717) is 0 Å². The first-order chi connectivity index (χ1) is 9.05. The van der Waals surface area contributed by atoms with Crippen LogP contribution in [0, 0.1) is 0 Å². The van der Waals surface area contributed by atoms with Crippen molar-refractivity contribution in [1.29, 1.82) is 0 Å². The second-order valence-corrected chi connectivity index (χ2v) is 6.56. The fourth-order valence-corrected chi connectivity index (χ4v) is 2.61. The van der Waals surface area contributed by atoms with Crippen LogP contribution in [0.25, 0.3) is 0 Å². The maximum Gasteiger partial charge on any atom is 0.119 e. The van der Waals surface area contributed by atoms with E-state index < -0.39 is 0 Å². The summed E-state index contributed by atoms with van der Waals surface area (Å²) in [5.41, 5.74) is 1.51. The molecule has 0 heterocycles. The predicted octanol–water partition coefficient (Wildman–Crippen LogP) is 3.90. The molecule has 1 aromatic carbocycles. The molecule has 0 aliphatic heterocycles. The number of hydrogen-bond acceptors (Lipinski definition) is 2. The van der Waals surface area contributed by atoms with Gasteiger partial charge in [0, 0.05) is 12.6 Å². The Morgan fingerprint density at radius 3 is 2.63 bits per heavy atom. The summed E-state index contributed by atoms with van der Waals surface area (Å²) in [6, 6.07) is 9.19. The molecular weight excluding hydrogens is 234 g/mol. The third-order valence-corrected chi connectivity index (χ3v) is 3.86. The van der Waals surface area contributed by atoms with Crippen molar-refractivity contribution in [2.24, 2.45) is 0 Å². The lowest BCUT2D eigenvalue weighted by Crippen LogP contribution is -2.30. The minimum absolute atomic E-state index is 0.182. The zero-order valence-electron chi connectivity index (χ0n) is 12.5. The smallest absolute Gasteiger partial charge is 0.119 e. The van der Waals surface area contributed by atoms with Gasteiger partial charge in [0.25, 0.3) is 0 Å². The van der Waals surface area contributed by atoms with Crippen LogP contribution >= 0.6 is 0 Å². The molecular formula is C17H27NO. The molecule has 1 saturated carbocycles. The van der Waals surface area contributed by atoms with Crippen LogP contribution in [0.2, 0.25) is 0 Å². The third kappa shape index (κ3) is 4.54. The Balaban J connectivity index is 1.76. The Morgan fingerprint density at radius 2 is 1.95 bits per heavy atom. The van der Waals surface area contributed by atoms with Gasteiger partial charge in [-0.15, -0.1) is 0 Å². The molecule has 1 aromatic rings. The Morgan fingerprint density at radius 1 is 1.21 bits per heavy atom. The minimum Gasteiger partial charge on any atom is -0.492 e. The summed E-state index contributed by atoms with van der Waals surface area (Å²) in [7, 11) is 0. The van der Waals surface area contributed by atoms with Crippen molar-refractivity contribution in [2.75, 3.05) is 13.2 Å². The second kappa shape index (κ2) is 6.42. The van der Waals surface area contributed by atoms with Gasteiger partial charge in [0.15, 0.2) is 0 Å². The number of ether oxygens (including phenoxy) is 1. The summed E-state index contributed by atoms with van der Waals surface area (Å²) in [6.45, 7) is 8.39. The van der Waals surface area contributed by atoms with Crippen molar-refractivity contribution in [3.05, 3.63) is 29.8 Å². The van der Waals surface area contributed by atoms with Crippen molar-refractivity contribution in [3.63, 3.8) is 0 Å².